The fourth-order valence-electron chi connectivity index (χ4n) is 3.08. The molecule has 29 heavy (non-hydrogen) atoms. The highest BCUT2D eigenvalue weighted by atomic mass is 19.3. The number of carbonyl (C=O) groups excluding carboxylic acids is 2. The van der Waals surface area contributed by atoms with Crippen LogP contribution in [-0.2, 0) is 14.3 Å². The number of carbonyl (C=O) groups is 2. The average Bonchev–Trinajstić information content (AvgIpc) is 2.67. The van der Waals surface area contributed by atoms with Gasteiger partial charge in [-0.05, 0) is 19.4 Å². The van der Waals surface area contributed by atoms with E-state index in [1.807, 2.05) is 6.92 Å². The lowest BCUT2D eigenvalue weighted by atomic mass is 9.94. The molecule has 0 saturated carbocycles. The summed E-state index contributed by atoms with van der Waals surface area (Å²) in [7, 11) is 1.48. The summed E-state index contributed by atoms with van der Waals surface area (Å²) in [5.74, 6) is -0.775. The second-order valence-corrected chi connectivity index (χ2v) is 6.43. The number of benzene rings is 1. The molecule has 0 aromatic heterocycles. The van der Waals surface area contributed by atoms with E-state index in [9.17, 15) is 18.4 Å². The molecule has 1 N–H and O–H groups in total. The Morgan fingerprint density at radius 1 is 1.28 bits per heavy atom. The maximum Gasteiger partial charge on any atom is 0.387 e. The van der Waals surface area contributed by atoms with E-state index in [1.54, 1.807) is 13.0 Å². The van der Waals surface area contributed by atoms with E-state index in [0.29, 0.717) is 12.2 Å². The molecule has 2 rings (SSSR count). The minimum absolute atomic E-state index is 0.0247. The minimum atomic E-state index is -3.04. The first-order valence-corrected chi connectivity index (χ1v) is 9.39. The van der Waals surface area contributed by atoms with Crippen LogP contribution in [0, 0.1) is 0 Å². The summed E-state index contributed by atoms with van der Waals surface area (Å²) in [6, 6.07) is 4.64. The molecular weight excluding hydrogens is 386 g/mol. The van der Waals surface area contributed by atoms with Gasteiger partial charge in [-0.25, -0.2) is 9.59 Å². The van der Waals surface area contributed by atoms with Crippen molar-refractivity contribution in [3.05, 3.63) is 41.1 Å². The highest BCUT2D eigenvalue weighted by Crippen LogP contribution is 2.36. The third kappa shape index (κ3) is 5.66. The summed E-state index contributed by atoms with van der Waals surface area (Å²) in [6.07, 6.45) is 1.60. The lowest BCUT2D eigenvalue weighted by Gasteiger charge is -2.35. The van der Waals surface area contributed by atoms with Gasteiger partial charge in [-0.2, -0.15) is 8.78 Å². The molecule has 0 bridgehead atoms. The molecule has 9 heteroatoms. The van der Waals surface area contributed by atoms with Crippen molar-refractivity contribution >= 4 is 12.0 Å². The van der Waals surface area contributed by atoms with E-state index >= 15 is 0 Å². The number of nitrogens with zero attached hydrogens (tertiary/aromatic N) is 1. The van der Waals surface area contributed by atoms with Gasteiger partial charge in [0.1, 0.15) is 12.4 Å². The molecule has 1 aromatic rings. The number of ether oxygens (including phenoxy) is 3. The number of hydrogen-bond donors (Lipinski definition) is 1. The van der Waals surface area contributed by atoms with Gasteiger partial charge in [0.05, 0.1) is 18.2 Å². The predicted molar refractivity (Wildman–Crippen MR) is 101 cm³/mol. The Balaban J connectivity index is 2.47. The number of alkyl halides is 2. The smallest absolute Gasteiger partial charge is 0.387 e. The zero-order valence-electron chi connectivity index (χ0n) is 16.7. The quantitative estimate of drug-likeness (QED) is 0.469. The van der Waals surface area contributed by atoms with Gasteiger partial charge >= 0.3 is 18.6 Å². The number of rotatable bonds is 10. The Bertz CT molecular complexity index is 754. The summed E-state index contributed by atoms with van der Waals surface area (Å²) in [5.41, 5.74) is 0.831. The van der Waals surface area contributed by atoms with Gasteiger partial charge in [-0.1, -0.05) is 31.5 Å². The number of amides is 2. The van der Waals surface area contributed by atoms with E-state index in [1.165, 1.54) is 30.2 Å². The number of hydrogen-bond acceptors (Lipinski definition) is 5. The molecular formula is C20H26F2N2O5. The van der Waals surface area contributed by atoms with Crippen molar-refractivity contribution in [2.75, 3.05) is 26.9 Å². The molecule has 7 nitrogen and oxygen atoms in total. The average molecular weight is 412 g/mol. The van der Waals surface area contributed by atoms with Gasteiger partial charge in [0.25, 0.3) is 0 Å². The van der Waals surface area contributed by atoms with Crippen molar-refractivity contribution in [1.82, 2.24) is 10.2 Å². The molecule has 0 saturated heterocycles. The van der Waals surface area contributed by atoms with Crippen LogP contribution in [0.4, 0.5) is 13.6 Å². The first-order valence-electron chi connectivity index (χ1n) is 9.39. The van der Waals surface area contributed by atoms with Gasteiger partial charge in [-0.3, -0.25) is 4.90 Å². The largest absolute Gasteiger partial charge is 0.460 e. The number of unbranched alkanes of at least 4 members (excludes halogenated alkanes) is 1. The molecule has 1 aromatic carbocycles. The van der Waals surface area contributed by atoms with Crippen molar-refractivity contribution in [2.24, 2.45) is 0 Å². The van der Waals surface area contributed by atoms with Crippen molar-refractivity contribution in [1.29, 1.82) is 0 Å². The molecule has 1 aliphatic heterocycles. The third-order valence-electron chi connectivity index (χ3n) is 4.52. The molecule has 0 radical (unpaired) electrons. The fourth-order valence-corrected chi connectivity index (χ4v) is 3.08. The van der Waals surface area contributed by atoms with Gasteiger partial charge in [0, 0.05) is 24.9 Å². The summed E-state index contributed by atoms with van der Waals surface area (Å²) in [6.45, 7) is 1.24. The number of allylic oxidation sites excluding steroid dienone is 1. The van der Waals surface area contributed by atoms with Crippen LogP contribution in [0.3, 0.4) is 0 Å². The predicted octanol–water partition coefficient (Wildman–Crippen LogP) is 3.62. The van der Waals surface area contributed by atoms with Crippen molar-refractivity contribution in [3.63, 3.8) is 0 Å². The first-order chi connectivity index (χ1) is 13.9. The van der Waals surface area contributed by atoms with Crippen LogP contribution in [0.5, 0.6) is 5.75 Å². The number of nitrogens with one attached hydrogen (secondary N) is 1. The summed E-state index contributed by atoms with van der Waals surface area (Å²) in [5, 5.41) is 2.73. The number of methoxy groups -OCH3 is 1. The highest BCUT2D eigenvalue weighted by molar-refractivity contribution is 5.95. The molecule has 0 fully saturated rings. The molecule has 0 aliphatic carbocycles. The van der Waals surface area contributed by atoms with Crippen LogP contribution in [0.15, 0.2) is 35.5 Å². The van der Waals surface area contributed by atoms with E-state index in [4.69, 9.17) is 9.47 Å². The van der Waals surface area contributed by atoms with Gasteiger partial charge in [0.2, 0.25) is 0 Å². The zero-order chi connectivity index (χ0) is 21.4. The number of urea groups is 1. The minimum Gasteiger partial charge on any atom is -0.460 e. The maximum atomic E-state index is 12.8. The Morgan fingerprint density at radius 2 is 2.00 bits per heavy atom. The lowest BCUT2D eigenvalue weighted by Crippen LogP contribution is -2.48. The van der Waals surface area contributed by atoms with Crippen LogP contribution < -0.4 is 10.1 Å². The van der Waals surface area contributed by atoms with Crippen LogP contribution >= 0.6 is 0 Å². The van der Waals surface area contributed by atoms with Crippen LogP contribution in [-0.4, -0.2) is 50.4 Å². The fraction of sp³-hybridized carbons (Fsp3) is 0.500. The lowest BCUT2D eigenvalue weighted by molar-refractivity contribution is -0.140. The Morgan fingerprint density at radius 3 is 2.66 bits per heavy atom. The van der Waals surface area contributed by atoms with Crippen LogP contribution in [0.2, 0.25) is 0 Å². The maximum absolute atomic E-state index is 12.8. The van der Waals surface area contributed by atoms with Crippen LogP contribution in [0.1, 0.15) is 38.3 Å². The molecule has 1 aliphatic rings. The second-order valence-electron chi connectivity index (χ2n) is 6.43. The van der Waals surface area contributed by atoms with E-state index in [0.717, 1.165) is 12.8 Å². The summed E-state index contributed by atoms with van der Waals surface area (Å²) >= 11 is 0. The number of esters is 1. The number of para-hydroxylation sites is 1. The normalized spacial score (nSPS) is 16.8. The van der Waals surface area contributed by atoms with Crippen molar-refractivity contribution in [3.8, 4) is 5.75 Å². The molecule has 1 heterocycles. The SMILES string of the molecule is CCCCN1C(=O)N[C@H](c2ccccc2OC(F)F)C(C(=O)OCCOC)=C1C. The Labute approximate surface area is 168 Å². The zero-order valence-corrected chi connectivity index (χ0v) is 16.7. The van der Waals surface area contributed by atoms with E-state index in [-0.39, 0.29) is 30.1 Å². The highest BCUT2D eigenvalue weighted by Gasteiger charge is 2.37. The summed E-state index contributed by atoms with van der Waals surface area (Å²) < 4.78 is 40.5. The first kappa shape index (κ1) is 22.6. The summed E-state index contributed by atoms with van der Waals surface area (Å²) in [4.78, 5) is 27.0. The van der Waals surface area contributed by atoms with Gasteiger partial charge in [-0.15, -0.1) is 0 Å². The van der Waals surface area contributed by atoms with Crippen molar-refractivity contribution < 1.29 is 32.6 Å². The van der Waals surface area contributed by atoms with Gasteiger partial charge in [0.15, 0.2) is 0 Å². The van der Waals surface area contributed by atoms with E-state index < -0.39 is 24.7 Å². The third-order valence-corrected chi connectivity index (χ3v) is 4.52. The topological polar surface area (TPSA) is 77.1 Å². The molecule has 2 amide bonds. The standard InChI is InChI=1S/C20H26F2N2O5/c1-4-5-10-24-13(2)16(18(25)28-12-11-27-3)17(23-20(24)26)14-8-6-7-9-15(14)29-19(21)22/h6-9,17,19H,4-5,10-12H2,1-3H3,(H,23,26)/t17-/m1/s1. The number of halogens is 2. The Hall–Kier alpha value is -2.68. The monoisotopic (exact) mass is 412 g/mol. The molecule has 0 unspecified atom stereocenters. The van der Waals surface area contributed by atoms with E-state index in [2.05, 4.69) is 10.1 Å². The Kier molecular flexibility index (Phi) is 8.38. The van der Waals surface area contributed by atoms with Crippen LogP contribution in [0.25, 0.3) is 0 Å². The van der Waals surface area contributed by atoms with Crippen molar-refractivity contribution in [2.45, 2.75) is 39.3 Å². The van der Waals surface area contributed by atoms with Gasteiger partial charge < -0.3 is 19.5 Å². The molecule has 1 atom stereocenters. The molecule has 0 spiro atoms. The molecule has 160 valence electrons. The second kappa shape index (κ2) is 10.8.